The van der Waals surface area contributed by atoms with E-state index in [1.165, 1.54) is 18.2 Å². The summed E-state index contributed by atoms with van der Waals surface area (Å²) in [6.07, 6.45) is -2.80. The molecule has 4 nitrogen and oxygen atoms in total. The van der Waals surface area contributed by atoms with E-state index < -0.39 is 6.36 Å². The van der Waals surface area contributed by atoms with Gasteiger partial charge >= 0.3 is 6.36 Å². The van der Waals surface area contributed by atoms with Crippen molar-refractivity contribution in [3.05, 3.63) is 59.7 Å². The molecule has 0 spiro atoms. The summed E-state index contributed by atoms with van der Waals surface area (Å²) in [6.45, 7) is 10.1. The minimum absolute atomic E-state index is 0.280. The van der Waals surface area contributed by atoms with Gasteiger partial charge in [-0.05, 0) is 72.4 Å². The molecule has 0 fully saturated rings. The highest BCUT2D eigenvalue weighted by Crippen LogP contribution is 2.37. The van der Waals surface area contributed by atoms with Crippen LogP contribution in [0.4, 0.5) is 18.9 Å². The van der Waals surface area contributed by atoms with Gasteiger partial charge in [-0.2, -0.15) is 0 Å². The van der Waals surface area contributed by atoms with Crippen LogP contribution in [-0.4, -0.2) is 25.9 Å². The molecule has 0 radical (unpaired) electrons. The van der Waals surface area contributed by atoms with Crippen LogP contribution in [0, 0.1) is 18.8 Å². The number of rotatable bonds is 8. The molecule has 0 aliphatic rings. The minimum atomic E-state index is -4.74. The van der Waals surface area contributed by atoms with E-state index in [2.05, 4.69) is 28.5 Å². The van der Waals surface area contributed by atoms with Crippen molar-refractivity contribution < 1.29 is 22.7 Å². The Balaban J connectivity index is 2.61. The zero-order chi connectivity index (χ0) is 23.9. The number of benzene rings is 2. The van der Waals surface area contributed by atoms with Gasteiger partial charge in [-0.15, -0.1) is 19.1 Å². The number of anilines is 1. The average molecular weight is 444 g/mol. The maximum Gasteiger partial charge on any atom is 0.573 e. The molecule has 0 aliphatic heterocycles. The zero-order valence-corrected chi connectivity index (χ0v) is 18.7. The summed E-state index contributed by atoms with van der Waals surface area (Å²) in [5.41, 5.74) is 5.57. The van der Waals surface area contributed by atoms with Gasteiger partial charge in [0.05, 0.1) is 6.54 Å². The molecular weight excluding hydrogens is 417 g/mol. The van der Waals surface area contributed by atoms with Gasteiger partial charge in [-0.1, -0.05) is 31.6 Å². The van der Waals surface area contributed by atoms with Crippen LogP contribution in [-0.2, 0) is 17.8 Å². The van der Waals surface area contributed by atoms with E-state index in [0.29, 0.717) is 13.1 Å². The first kappa shape index (κ1) is 24.9. The third kappa shape index (κ3) is 6.30. The second kappa shape index (κ2) is 10.8. The second-order valence-electron chi connectivity index (χ2n) is 7.17. The van der Waals surface area contributed by atoms with Crippen molar-refractivity contribution in [1.82, 2.24) is 5.32 Å². The Morgan fingerprint density at radius 3 is 2.47 bits per heavy atom. The van der Waals surface area contributed by atoms with Crippen molar-refractivity contribution in [3.63, 3.8) is 0 Å². The molecule has 32 heavy (non-hydrogen) atoms. The molecule has 0 saturated carbocycles. The summed E-state index contributed by atoms with van der Waals surface area (Å²) in [5, 5.41) is 2.82. The Hall–Kier alpha value is -3.40. The summed E-state index contributed by atoms with van der Waals surface area (Å²) < 4.78 is 41.5. The van der Waals surface area contributed by atoms with E-state index in [1.807, 2.05) is 31.9 Å². The molecular formula is C25H27F3N2O2. The van der Waals surface area contributed by atoms with Crippen molar-refractivity contribution in [2.24, 2.45) is 0 Å². The molecule has 2 rings (SSSR count). The highest BCUT2D eigenvalue weighted by molar-refractivity contribution is 5.87. The van der Waals surface area contributed by atoms with Crippen LogP contribution in [0.5, 0.6) is 5.75 Å². The van der Waals surface area contributed by atoms with E-state index in [0.717, 1.165) is 39.9 Å². The molecule has 1 N–H and O–H groups in total. The number of ether oxygens (including phenoxy) is 1. The SMILES string of the molecule is C=CC(=O)NCc1cc(-c2ccc(OC(F)(F)F)cc2)c(C)c(N(C)CC#CC)c1CC. The number of halogens is 3. The number of alkyl halides is 3. The predicted molar refractivity (Wildman–Crippen MR) is 121 cm³/mol. The first-order chi connectivity index (χ1) is 15.1. The molecule has 2 aromatic rings. The topological polar surface area (TPSA) is 41.6 Å². The molecule has 0 aromatic heterocycles. The van der Waals surface area contributed by atoms with Crippen molar-refractivity contribution in [2.45, 2.75) is 40.1 Å². The van der Waals surface area contributed by atoms with Crippen molar-refractivity contribution in [1.29, 1.82) is 0 Å². The standard InChI is InChI=1S/C25H27F3N2O2/c1-6-9-14-30(5)24-17(4)22(15-19(21(24)7-2)16-29-23(31)8-3)18-10-12-20(13-11-18)32-25(26,27)28/h8,10-13,15H,3,7,14,16H2,1-2,4-5H3,(H,29,31). The monoisotopic (exact) mass is 444 g/mol. The molecule has 7 heteroatoms. The molecule has 0 atom stereocenters. The molecule has 0 bridgehead atoms. The van der Waals surface area contributed by atoms with Crippen molar-refractivity contribution in [2.75, 3.05) is 18.5 Å². The van der Waals surface area contributed by atoms with Crippen LogP contribution < -0.4 is 15.0 Å². The van der Waals surface area contributed by atoms with E-state index in [4.69, 9.17) is 0 Å². The molecule has 0 saturated heterocycles. The summed E-state index contributed by atoms with van der Waals surface area (Å²) in [4.78, 5) is 13.8. The van der Waals surface area contributed by atoms with Crippen molar-refractivity contribution in [3.8, 4) is 28.7 Å². The van der Waals surface area contributed by atoms with Gasteiger partial charge in [0.1, 0.15) is 5.75 Å². The van der Waals surface area contributed by atoms with Crippen LogP contribution in [0.2, 0.25) is 0 Å². The first-order valence-corrected chi connectivity index (χ1v) is 10.1. The van der Waals surface area contributed by atoms with Gasteiger partial charge in [0.25, 0.3) is 0 Å². The van der Waals surface area contributed by atoms with Gasteiger partial charge < -0.3 is 15.0 Å². The number of carbonyl (C=O) groups is 1. The summed E-state index contributed by atoms with van der Waals surface area (Å²) in [7, 11) is 1.95. The van der Waals surface area contributed by atoms with Crippen LogP contribution in [0.15, 0.2) is 43.0 Å². The fraction of sp³-hybridized carbons (Fsp3) is 0.320. The van der Waals surface area contributed by atoms with Gasteiger partial charge in [-0.25, -0.2) is 0 Å². The van der Waals surface area contributed by atoms with Gasteiger partial charge in [0.2, 0.25) is 5.91 Å². The van der Waals surface area contributed by atoms with E-state index >= 15 is 0 Å². The van der Waals surface area contributed by atoms with Gasteiger partial charge in [0, 0.05) is 19.3 Å². The average Bonchev–Trinajstić information content (AvgIpc) is 2.75. The minimum Gasteiger partial charge on any atom is -0.406 e. The lowest BCUT2D eigenvalue weighted by molar-refractivity contribution is -0.274. The lowest BCUT2D eigenvalue weighted by atomic mass is 9.90. The number of nitrogens with zero attached hydrogens (tertiary/aromatic N) is 1. The van der Waals surface area contributed by atoms with Crippen LogP contribution in [0.25, 0.3) is 11.1 Å². The van der Waals surface area contributed by atoms with E-state index in [9.17, 15) is 18.0 Å². The van der Waals surface area contributed by atoms with Crippen LogP contribution in [0.1, 0.15) is 30.5 Å². The molecule has 2 aromatic carbocycles. The maximum absolute atomic E-state index is 12.5. The van der Waals surface area contributed by atoms with Gasteiger partial charge in [-0.3, -0.25) is 4.79 Å². The lowest BCUT2D eigenvalue weighted by Gasteiger charge is -2.27. The highest BCUT2D eigenvalue weighted by atomic mass is 19.4. The lowest BCUT2D eigenvalue weighted by Crippen LogP contribution is -2.24. The fourth-order valence-electron chi connectivity index (χ4n) is 3.61. The fourth-order valence-corrected chi connectivity index (χ4v) is 3.61. The summed E-state index contributed by atoms with van der Waals surface area (Å²) >= 11 is 0. The number of nitrogens with one attached hydrogen (secondary N) is 1. The molecule has 0 aliphatic carbocycles. The smallest absolute Gasteiger partial charge is 0.406 e. The van der Waals surface area contributed by atoms with Crippen molar-refractivity contribution >= 4 is 11.6 Å². The Morgan fingerprint density at radius 1 is 1.28 bits per heavy atom. The van der Waals surface area contributed by atoms with Crippen LogP contribution in [0.3, 0.4) is 0 Å². The number of carbonyl (C=O) groups excluding carboxylic acids is 1. The second-order valence-corrected chi connectivity index (χ2v) is 7.17. The predicted octanol–water partition coefficient (Wildman–Crippen LogP) is 5.38. The first-order valence-electron chi connectivity index (χ1n) is 10.1. The Bertz CT molecular complexity index is 1030. The Labute approximate surface area is 187 Å². The quantitative estimate of drug-likeness (QED) is 0.439. The zero-order valence-electron chi connectivity index (χ0n) is 18.7. The summed E-state index contributed by atoms with van der Waals surface area (Å²) in [6, 6.07) is 7.75. The highest BCUT2D eigenvalue weighted by Gasteiger charge is 2.31. The van der Waals surface area contributed by atoms with E-state index in [1.54, 1.807) is 19.1 Å². The third-order valence-corrected chi connectivity index (χ3v) is 5.02. The number of amides is 1. The van der Waals surface area contributed by atoms with Crippen LogP contribution >= 0.6 is 0 Å². The molecule has 0 heterocycles. The Morgan fingerprint density at radius 2 is 1.94 bits per heavy atom. The normalized spacial score (nSPS) is 10.7. The molecule has 1 amide bonds. The number of hydrogen-bond donors (Lipinski definition) is 1. The largest absolute Gasteiger partial charge is 0.573 e. The van der Waals surface area contributed by atoms with E-state index in [-0.39, 0.29) is 11.7 Å². The third-order valence-electron chi connectivity index (χ3n) is 5.02. The summed E-state index contributed by atoms with van der Waals surface area (Å²) in [5.74, 6) is 5.39. The maximum atomic E-state index is 12.5. The molecule has 0 unspecified atom stereocenters. The Kier molecular flexibility index (Phi) is 8.36. The number of hydrogen-bond acceptors (Lipinski definition) is 3. The molecule has 170 valence electrons. The van der Waals surface area contributed by atoms with Gasteiger partial charge in [0.15, 0.2) is 0 Å².